The SMILES string of the molecule is O=C(O)c1c(C(F)F)cc([N+](=O)[O-])[nH]c1=O. The van der Waals surface area contributed by atoms with E-state index in [1.54, 1.807) is 4.98 Å². The molecule has 16 heavy (non-hydrogen) atoms. The molecule has 0 aliphatic heterocycles. The molecule has 1 aromatic rings. The summed E-state index contributed by atoms with van der Waals surface area (Å²) in [6.45, 7) is 0. The molecule has 1 rings (SSSR count). The highest BCUT2D eigenvalue weighted by molar-refractivity contribution is 5.89. The fourth-order valence-electron chi connectivity index (χ4n) is 1.06. The van der Waals surface area contributed by atoms with Gasteiger partial charge in [-0.3, -0.25) is 0 Å². The molecule has 9 heteroatoms. The van der Waals surface area contributed by atoms with Gasteiger partial charge in [0.15, 0.2) is 5.56 Å². The summed E-state index contributed by atoms with van der Waals surface area (Å²) in [5.41, 5.74) is -3.81. The second kappa shape index (κ2) is 4.04. The molecule has 0 spiro atoms. The maximum absolute atomic E-state index is 12.4. The van der Waals surface area contributed by atoms with Crippen LogP contribution in [0.3, 0.4) is 0 Å². The zero-order valence-corrected chi connectivity index (χ0v) is 7.44. The number of hydrogen-bond donors (Lipinski definition) is 2. The van der Waals surface area contributed by atoms with Gasteiger partial charge in [-0.1, -0.05) is 0 Å². The van der Waals surface area contributed by atoms with E-state index in [-0.39, 0.29) is 0 Å². The number of nitrogens with zero attached hydrogens (tertiary/aromatic N) is 1. The van der Waals surface area contributed by atoms with Gasteiger partial charge in [0.1, 0.15) is 0 Å². The highest BCUT2D eigenvalue weighted by Gasteiger charge is 2.26. The van der Waals surface area contributed by atoms with Crippen LogP contribution in [0.15, 0.2) is 10.9 Å². The summed E-state index contributed by atoms with van der Waals surface area (Å²) in [6.07, 6.45) is -3.29. The zero-order chi connectivity index (χ0) is 12.5. The van der Waals surface area contributed by atoms with Crippen LogP contribution in [0.4, 0.5) is 14.6 Å². The number of halogens is 2. The number of carbonyl (C=O) groups is 1. The molecule has 0 aliphatic carbocycles. The number of aromatic carboxylic acids is 1. The Labute approximate surface area is 85.5 Å². The Morgan fingerprint density at radius 3 is 2.50 bits per heavy atom. The molecular weight excluding hydrogens is 230 g/mol. The van der Waals surface area contributed by atoms with Crippen molar-refractivity contribution in [2.45, 2.75) is 6.43 Å². The van der Waals surface area contributed by atoms with Crippen LogP contribution in [0.5, 0.6) is 0 Å². The van der Waals surface area contributed by atoms with Gasteiger partial charge in [0.05, 0.1) is 0 Å². The average molecular weight is 234 g/mol. The van der Waals surface area contributed by atoms with Crippen molar-refractivity contribution in [3.05, 3.63) is 37.7 Å². The predicted octanol–water partition coefficient (Wildman–Crippen LogP) is 0.919. The van der Waals surface area contributed by atoms with Crippen LogP contribution in [0, 0.1) is 10.1 Å². The molecule has 2 N–H and O–H groups in total. The van der Waals surface area contributed by atoms with Gasteiger partial charge in [0.25, 0.3) is 6.43 Å². The van der Waals surface area contributed by atoms with Gasteiger partial charge in [-0.05, 0) is 4.92 Å². The number of nitro groups is 1. The van der Waals surface area contributed by atoms with Gasteiger partial charge in [-0.2, -0.15) is 0 Å². The van der Waals surface area contributed by atoms with Gasteiger partial charge in [0.2, 0.25) is 0 Å². The van der Waals surface area contributed by atoms with Crippen molar-refractivity contribution in [3.63, 3.8) is 0 Å². The molecule has 0 fully saturated rings. The maximum atomic E-state index is 12.4. The first-order valence-electron chi connectivity index (χ1n) is 3.77. The van der Waals surface area contributed by atoms with Crippen molar-refractivity contribution >= 4 is 11.8 Å². The molecule has 0 bridgehead atoms. The first-order chi connectivity index (χ1) is 7.34. The van der Waals surface area contributed by atoms with E-state index in [0.717, 1.165) is 0 Å². The molecule has 1 heterocycles. The topological polar surface area (TPSA) is 113 Å². The minimum atomic E-state index is -3.29. The van der Waals surface area contributed by atoms with Crippen LogP contribution in [-0.4, -0.2) is 21.0 Å². The second-order valence-corrected chi connectivity index (χ2v) is 2.68. The molecule has 0 unspecified atom stereocenters. The maximum Gasteiger partial charge on any atom is 0.347 e. The number of pyridine rings is 1. The van der Waals surface area contributed by atoms with Gasteiger partial charge in [0, 0.05) is 11.6 Å². The molecule has 86 valence electrons. The third kappa shape index (κ3) is 2.02. The third-order valence-electron chi connectivity index (χ3n) is 1.70. The first kappa shape index (κ1) is 11.8. The van der Waals surface area contributed by atoms with E-state index in [0.29, 0.717) is 6.07 Å². The molecule has 0 atom stereocenters. The molecular formula is C7H4F2N2O5. The quantitative estimate of drug-likeness (QED) is 0.596. The molecule has 0 saturated heterocycles. The Bertz CT molecular complexity index is 510. The Morgan fingerprint density at radius 2 is 2.12 bits per heavy atom. The minimum absolute atomic E-state index is 0.329. The lowest BCUT2D eigenvalue weighted by Gasteiger charge is -2.03. The van der Waals surface area contributed by atoms with E-state index in [2.05, 4.69) is 0 Å². The average Bonchev–Trinajstić information content (AvgIpc) is 2.15. The molecule has 0 radical (unpaired) electrons. The van der Waals surface area contributed by atoms with Crippen LogP contribution in [-0.2, 0) is 0 Å². The largest absolute Gasteiger partial charge is 0.477 e. The molecule has 0 saturated carbocycles. The Hall–Kier alpha value is -2.32. The van der Waals surface area contributed by atoms with E-state index >= 15 is 0 Å². The smallest absolute Gasteiger partial charge is 0.347 e. The Morgan fingerprint density at radius 1 is 1.56 bits per heavy atom. The lowest BCUT2D eigenvalue weighted by atomic mass is 10.1. The lowest BCUT2D eigenvalue weighted by Crippen LogP contribution is -2.21. The zero-order valence-electron chi connectivity index (χ0n) is 7.44. The van der Waals surface area contributed by atoms with Gasteiger partial charge in [-0.15, -0.1) is 0 Å². The molecule has 7 nitrogen and oxygen atoms in total. The normalized spacial score (nSPS) is 10.4. The van der Waals surface area contributed by atoms with Gasteiger partial charge >= 0.3 is 17.3 Å². The van der Waals surface area contributed by atoms with E-state index in [1.807, 2.05) is 0 Å². The van der Waals surface area contributed by atoms with Gasteiger partial charge < -0.3 is 15.2 Å². The number of nitrogens with one attached hydrogen (secondary N) is 1. The lowest BCUT2D eigenvalue weighted by molar-refractivity contribution is -0.389. The van der Waals surface area contributed by atoms with Gasteiger partial charge in [-0.25, -0.2) is 23.4 Å². The number of rotatable bonds is 3. The van der Waals surface area contributed by atoms with E-state index in [1.165, 1.54) is 0 Å². The van der Waals surface area contributed by atoms with Crippen molar-refractivity contribution in [2.75, 3.05) is 0 Å². The number of alkyl halides is 2. The summed E-state index contributed by atoms with van der Waals surface area (Å²) in [6, 6.07) is 0.329. The highest BCUT2D eigenvalue weighted by Crippen LogP contribution is 2.23. The van der Waals surface area contributed by atoms with E-state index < -0.39 is 39.8 Å². The summed E-state index contributed by atoms with van der Waals surface area (Å²) < 4.78 is 24.7. The van der Waals surface area contributed by atoms with Crippen molar-refractivity contribution in [1.29, 1.82) is 0 Å². The Kier molecular flexibility index (Phi) is 2.97. The summed E-state index contributed by atoms with van der Waals surface area (Å²) in [7, 11) is 0. The molecule has 0 amide bonds. The third-order valence-corrected chi connectivity index (χ3v) is 1.70. The number of hydrogen-bond acceptors (Lipinski definition) is 4. The number of carboxylic acid groups (broad SMARTS) is 1. The van der Waals surface area contributed by atoms with E-state index in [4.69, 9.17) is 5.11 Å². The van der Waals surface area contributed by atoms with E-state index in [9.17, 15) is 28.5 Å². The van der Waals surface area contributed by atoms with Crippen molar-refractivity contribution in [1.82, 2.24) is 4.98 Å². The van der Waals surface area contributed by atoms with Crippen LogP contribution in [0.2, 0.25) is 0 Å². The minimum Gasteiger partial charge on any atom is -0.477 e. The fourth-order valence-corrected chi connectivity index (χ4v) is 1.06. The number of H-pyrrole nitrogens is 1. The number of aromatic nitrogens is 1. The summed E-state index contributed by atoms with van der Waals surface area (Å²) >= 11 is 0. The molecule has 1 aromatic heterocycles. The predicted molar refractivity (Wildman–Crippen MR) is 45.6 cm³/mol. The molecule has 0 aliphatic rings. The first-order valence-corrected chi connectivity index (χ1v) is 3.77. The molecule has 0 aromatic carbocycles. The summed E-state index contributed by atoms with van der Waals surface area (Å²) in [4.78, 5) is 32.3. The monoisotopic (exact) mass is 234 g/mol. The van der Waals surface area contributed by atoms with Crippen LogP contribution < -0.4 is 5.56 Å². The summed E-state index contributed by atoms with van der Waals surface area (Å²) in [5, 5.41) is 18.8. The van der Waals surface area contributed by atoms with Crippen molar-refractivity contribution < 1.29 is 23.6 Å². The van der Waals surface area contributed by atoms with Crippen LogP contribution in [0.1, 0.15) is 22.3 Å². The Balaban J connectivity index is 3.58. The van der Waals surface area contributed by atoms with Crippen molar-refractivity contribution in [2.24, 2.45) is 0 Å². The summed E-state index contributed by atoms with van der Waals surface area (Å²) in [5.74, 6) is -2.85. The standard InChI is InChI=1S/C7H4F2N2O5/c8-5(9)2-1-3(11(15)16)10-6(12)4(2)7(13)14/h1,5H,(H,10,12)(H,13,14). The number of carboxylic acids is 1. The van der Waals surface area contributed by atoms with Crippen LogP contribution >= 0.6 is 0 Å². The van der Waals surface area contributed by atoms with Crippen molar-refractivity contribution in [3.8, 4) is 0 Å². The van der Waals surface area contributed by atoms with Crippen LogP contribution in [0.25, 0.3) is 0 Å². The number of aromatic amines is 1. The second-order valence-electron chi connectivity index (χ2n) is 2.68. The highest BCUT2D eigenvalue weighted by atomic mass is 19.3. The fraction of sp³-hybridized carbons (Fsp3) is 0.143.